The van der Waals surface area contributed by atoms with E-state index in [-0.39, 0.29) is 18.2 Å². The van der Waals surface area contributed by atoms with E-state index in [1.54, 1.807) is 7.11 Å². The Morgan fingerprint density at radius 1 is 1.04 bits per heavy atom. The van der Waals surface area contributed by atoms with Crippen LogP contribution in [0.2, 0.25) is 0 Å². The second-order valence-corrected chi connectivity index (χ2v) is 8.67. The summed E-state index contributed by atoms with van der Waals surface area (Å²) < 4.78 is 24.0. The molecule has 6 nitrogen and oxygen atoms in total. The third kappa shape index (κ3) is 2.76. The molecule has 1 fully saturated rings. The Morgan fingerprint density at radius 3 is 2.39 bits per heavy atom. The first-order valence-electron chi connectivity index (χ1n) is 8.97. The van der Waals surface area contributed by atoms with E-state index in [0.29, 0.717) is 31.3 Å². The van der Waals surface area contributed by atoms with E-state index in [4.69, 9.17) is 18.9 Å². The van der Waals surface area contributed by atoms with Crippen LogP contribution in [-0.4, -0.2) is 44.0 Å². The van der Waals surface area contributed by atoms with Crippen molar-refractivity contribution in [2.24, 2.45) is 0 Å². The van der Waals surface area contributed by atoms with Gasteiger partial charge < -0.3 is 18.9 Å². The van der Waals surface area contributed by atoms with E-state index in [9.17, 15) is 4.79 Å². The third-order valence-corrected chi connectivity index (χ3v) is 6.55. The van der Waals surface area contributed by atoms with E-state index >= 15 is 0 Å². The summed E-state index contributed by atoms with van der Waals surface area (Å²) in [7, 11) is 1.62. The lowest BCUT2D eigenvalue weighted by Crippen LogP contribution is -2.43. The molecule has 0 N–H and O–H groups in total. The number of carbonyl (C=O) groups excluding carboxylic acids is 1. The van der Waals surface area contributed by atoms with Gasteiger partial charge in [0.1, 0.15) is 25.6 Å². The van der Waals surface area contributed by atoms with E-state index in [0.717, 1.165) is 37.8 Å². The summed E-state index contributed by atoms with van der Waals surface area (Å²) in [5.41, 5.74) is 3.14. The van der Waals surface area contributed by atoms with Gasteiger partial charge in [-0.25, -0.2) is 4.79 Å². The van der Waals surface area contributed by atoms with Crippen LogP contribution >= 0.6 is 31.9 Å². The van der Waals surface area contributed by atoms with E-state index < -0.39 is 0 Å². The highest BCUT2D eigenvalue weighted by Gasteiger charge is 2.44. The maximum absolute atomic E-state index is 12.6. The lowest BCUT2D eigenvalue weighted by atomic mass is 9.85. The van der Waals surface area contributed by atoms with Crippen molar-refractivity contribution in [2.45, 2.75) is 18.5 Å². The number of benzene rings is 2. The number of hydrogen-bond acceptors (Lipinski definition) is 5. The molecule has 2 aromatic carbocycles. The van der Waals surface area contributed by atoms with Gasteiger partial charge >= 0.3 is 6.09 Å². The van der Waals surface area contributed by atoms with Gasteiger partial charge in [-0.3, -0.25) is 4.90 Å². The molecule has 3 aliphatic heterocycles. The van der Waals surface area contributed by atoms with E-state index in [1.807, 2.05) is 29.2 Å². The second-order valence-electron chi connectivity index (χ2n) is 6.96. The molecule has 0 spiro atoms. The number of amides is 1. The fraction of sp³-hybridized carbons (Fsp3) is 0.350. The van der Waals surface area contributed by atoms with Gasteiger partial charge in [0, 0.05) is 0 Å². The molecule has 3 heterocycles. The largest absolute Gasteiger partial charge is 0.494 e. The van der Waals surface area contributed by atoms with Crippen LogP contribution in [-0.2, 0) is 11.2 Å². The molecule has 0 bridgehead atoms. The maximum Gasteiger partial charge on any atom is 0.411 e. The first-order chi connectivity index (χ1) is 13.6. The molecule has 0 aromatic heterocycles. The predicted octanol–water partition coefficient (Wildman–Crippen LogP) is 4.46. The van der Waals surface area contributed by atoms with Gasteiger partial charge in [0.2, 0.25) is 0 Å². The van der Waals surface area contributed by atoms with Crippen LogP contribution in [0.25, 0.3) is 0 Å². The topological polar surface area (TPSA) is 57.2 Å². The number of methoxy groups -OCH3 is 1. The Balaban J connectivity index is 1.70. The predicted molar refractivity (Wildman–Crippen MR) is 108 cm³/mol. The molecule has 146 valence electrons. The first kappa shape index (κ1) is 18.1. The number of nitrogens with zero attached hydrogens (tertiary/aromatic N) is 1. The minimum Gasteiger partial charge on any atom is -0.494 e. The standard InChI is InChI=1S/C20H17Br2NO5/c1-25-19-14(21)5-11(6-15(19)22)18-13-8-17-16(26-2-3-27-17)7-10(13)4-12-9-28-20(24)23(12)18/h5-8,12,18H,2-4,9H2,1H3/t12-,18+/m0/s1. The Morgan fingerprint density at radius 2 is 1.71 bits per heavy atom. The monoisotopic (exact) mass is 509 g/mol. The Kier molecular flexibility index (Phi) is 4.43. The van der Waals surface area contributed by atoms with Crippen LogP contribution in [0.15, 0.2) is 33.2 Å². The average molecular weight is 511 g/mol. The van der Waals surface area contributed by atoms with Crippen molar-refractivity contribution < 1.29 is 23.7 Å². The van der Waals surface area contributed by atoms with Crippen LogP contribution in [0.3, 0.4) is 0 Å². The summed E-state index contributed by atoms with van der Waals surface area (Å²) in [5.74, 6) is 2.19. The minimum absolute atomic E-state index is 0.00721. The fourth-order valence-corrected chi connectivity index (χ4v) is 5.74. The highest BCUT2D eigenvalue weighted by molar-refractivity contribution is 9.11. The molecule has 1 saturated heterocycles. The van der Waals surface area contributed by atoms with Crippen molar-refractivity contribution >= 4 is 38.0 Å². The van der Waals surface area contributed by atoms with Crippen molar-refractivity contribution in [3.05, 3.63) is 49.9 Å². The second kappa shape index (κ2) is 6.84. The van der Waals surface area contributed by atoms with Gasteiger partial charge in [-0.05, 0) is 79.2 Å². The van der Waals surface area contributed by atoms with Crippen molar-refractivity contribution in [1.82, 2.24) is 4.90 Å². The van der Waals surface area contributed by atoms with Crippen molar-refractivity contribution in [1.29, 1.82) is 0 Å². The smallest absolute Gasteiger partial charge is 0.411 e. The summed E-state index contributed by atoms with van der Waals surface area (Å²) >= 11 is 7.16. The van der Waals surface area contributed by atoms with Crippen molar-refractivity contribution in [3.63, 3.8) is 0 Å². The van der Waals surface area contributed by atoms with Gasteiger partial charge in [0.05, 0.1) is 28.1 Å². The number of hydrogen-bond donors (Lipinski definition) is 0. The SMILES string of the molecule is COc1c(Br)cc([C@@H]2c3cc4c(cc3C[C@H]3COC(=O)N32)OCCO4)cc1Br. The Labute approximate surface area is 179 Å². The van der Waals surface area contributed by atoms with Gasteiger partial charge in [0.15, 0.2) is 11.5 Å². The molecular weight excluding hydrogens is 494 g/mol. The minimum atomic E-state index is -0.293. The molecular formula is C20H17Br2NO5. The lowest BCUT2D eigenvalue weighted by Gasteiger charge is -2.38. The molecule has 8 heteroatoms. The summed E-state index contributed by atoms with van der Waals surface area (Å²) in [4.78, 5) is 14.4. The number of rotatable bonds is 2. The van der Waals surface area contributed by atoms with Gasteiger partial charge in [-0.1, -0.05) is 0 Å². The zero-order chi connectivity index (χ0) is 19.4. The van der Waals surface area contributed by atoms with Crippen LogP contribution < -0.4 is 14.2 Å². The first-order valence-corrected chi connectivity index (χ1v) is 10.6. The van der Waals surface area contributed by atoms with Crippen molar-refractivity contribution in [2.75, 3.05) is 26.9 Å². The van der Waals surface area contributed by atoms with Gasteiger partial charge in [-0.2, -0.15) is 0 Å². The molecule has 0 saturated carbocycles. The van der Waals surface area contributed by atoms with E-state index in [1.165, 1.54) is 0 Å². The quantitative estimate of drug-likeness (QED) is 0.597. The van der Waals surface area contributed by atoms with Gasteiger partial charge in [0.25, 0.3) is 0 Å². The number of fused-ring (bicyclic) bond motifs is 3. The zero-order valence-electron chi connectivity index (χ0n) is 15.0. The number of halogens is 2. The van der Waals surface area contributed by atoms with Crippen LogP contribution in [0.4, 0.5) is 4.79 Å². The van der Waals surface area contributed by atoms with Crippen LogP contribution in [0, 0.1) is 0 Å². The van der Waals surface area contributed by atoms with Crippen molar-refractivity contribution in [3.8, 4) is 17.2 Å². The van der Waals surface area contributed by atoms with Gasteiger partial charge in [-0.15, -0.1) is 0 Å². The molecule has 0 radical (unpaired) electrons. The van der Waals surface area contributed by atoms with E-state index in [2.05, 4.69) is 31.9 Å². The molecule has 5 rings (SSSR count). The Hall–Kier alpha value is -1.93. The summed E-state index contributed by atoms with van der Waals surface area (Å²) in [6, 6.07) is 7.74. The summed E-state index contributed by atoms with van der Waals surface area (Å²) in [6.07, 6.45) is 0.436. The molecule has 1 amide bonds. The summed E-state index contributed by atoms with van der Waals surface area (Å²) in [5, 5.41) is 0. The molecule has 2 atom stereocenters. The lowest BCUT2D eigenvalue weighted by molar-refractivity contribution is 0.147. The molecule has 2 aromatic rings. The third-order valence-electron chi connectivity index (χ3n) is 5.38. The summed E-state index contributed by atoms with van der Waals surface area (Å²) in [6.45, 7) is 1.46. The normalized spacial score (nSPS) is 22.4. The molecule has 0 aliphatic carbocycles. The number of carbonyl (C=O) groups is 1. The average Bonchev–Trinajstić information content (AvgIpc) is 3.04. The molecule has 0 unspecified atom stereocenters. The van der Waals surface area contributed by atoms with Crippen LogP contribution in [0.5, 0.6) is 17.2 Å². The Bertz CT molecular complexity index is 956. The number of cyclic esters (lactones) is 1. The highest BCUT2D eigenvalue weighted by atomic mass is 79.9. The number of ether oxygens (including phenoxy) is 4. The highest BCUT2D eigenvalue weighted by Crippen LogP contribution is 2.47. The zero-order valence-corrected chi connectivity index (χ0v) is 18.2. The molecule has 28 heavy (non-hydrogen) atoms. The molecule has 3 aliphatic rings. The van der Waals surface area contributed by atoms with Crippen LogP contribution in [0.1, 0.15) is 22.7 Å². The fourth-order valence-electron chi connectivity index (χ4n) is 4.20. The maximum atomic E-state index is 12.6.